The van der Waals surface area contributed by atoms with Crippen molar-refractivity contribution in [3.63, 3.8) is 0 Å². The number of nitrogens with one attached hydrogen (secondary N) is 1. The van der Waals surface area contributed by atoms with Gasteiger partial charge in [-0.3, -0.25) is 0 Å². The molecule has 0 aliphatic heterocycles. The molecule has 3 rings (SSSR count). The van der Waals surface area contributed by atoms with E-state index in [-0.39, 0.29) is 0 Å². The summed E-state index contributed by atoms with van der Waals surface area (Å²) in [7, 11) is 0. The van der Waals surface area contributed by atoms with Crippen molar-refractivity contribution < 1.29 is 4.74 Å². The smallest absolute Gasteiger partial charge is 0.128 e. The van der Waals surface area contributed by atoms with Crippen LogP contribution in [-0.4, -0.2) is 23.8 Å². The van der Waals surface area contributed by atoms with Crippen LogP contribution >= 0.6 is 0 Å². The molecule has 1 heterocycles. The van der Waals surface area contributed by atoms with E-state index in [1.807, 2.05) is 13.0 Å². The summed E-state index contributed by atoms with van der Waals surface area (Å²) in [6.45, 7) is 7.08. The van der Waals surface area contributed by atoms with Gasteiger partial charge in [0.25, 0.3) is 0 Å². The quantitative estimate of drug-likeness (QED) is 0.835. The van der Waals surface area contributed by atoms with Gasteiger partial charge in [0.1, 0.15) is 5.75 Å². The molecule has 3 nitrogen and oxygen atoms in total. The average molecular weight is 272 g/mol. The largest absolute Gasteiger partial charge is 0.493 e. The Hall–Kier alpha value is -1.48. The molecular weight excluding hydrogens is 248 g/mol. The Bertz CT molecular complexity index is 571. The molecule has 2 aromatic rings. The van der Waals surface area contributed by atoms with Gasteiger partial charge >= 0.3 is 0 Å². The highest BCUT2D eigenvalue weighted by atomic mass is 16.5. The zero-order valence-electron chi connectivity index (χ0n) is 12.4. The van der Waals surface area contributed by atoms with Crippen molar-refractivity contribution in [2.45, 2.75) is 39.3 Å². The summed E-state index contributed by atoms with van der Waals surface area (Å²) in [5.41, 5.74) is 1.26. The van der Waals surface area contributed by atoms with Crippen molar-refractivity contribution in [2.24, 2.45) is 5.92 Å². The van der Waals surface area contributed by atoms with Crippen LogP contribution in [-0.2, 0) is 6.54 Å². The van der Waals surface area contributed by atoms with Gasteiger partial charge < -0.3 is 14.6 Å². The van der Waals surface area contributed by atoms with E-state index in [1.54, 1.807) is 0 Å². The van der Waals surface area contributed by atoms with Crippen molar-refractivity contribution in [1.82, 2.24) is 9.88 Å². The normalized spacial score (nSPS) is 16.5. The lowest BCUT2D eigenvalue weighted by Crippen LogP contribution is -2.30. The van der Waals surface area contributed by atoms with Gasteiger partial charge in [-0.05, 0) is 50.8 Å². The van der Waals surface area contributed by atoms with Crippen LogP contribution in [0.3, 0.4) is 0 Å². The van der Waals surface area contributed by atoms with Crippen LogP contribution in [0.2, 0.25) is 0 Å². The molecule has 1 aromatic heterocycles. The first-order valence-electron chi connectivity index (χ1n) is 7.73. The molecule has 0 spiro atoms. The number of nitrogens with zero attached hydrogens (tertiary/aromatic N) is 1. The Kier molecular flexibility index (Phi) is 3.97. The van der Waals surface area contributed by atoms with Crippen molar-refractivity contribution in [3.8, 4) is 5.75 Å². The number of aromatic nitrogens is 1. The summed E-state index contributed by atoms with van der Waals surface area (Å²) >= 11 is 0. The number of ether oxygens (including phenoxy) is 1. The second-order valence-corrected chi connectivity index (χ2v) is 5.71. The second kappa shape index (κ2) is 5.88. The topological polar surface area (TPSA) is 26.2 Å². The second-order valence-electron chi connectivity index (χ2n) is 5.71. The minimum atomic E-state index is 0.663. The van der Waals surface area contributed by atoms with Crippen molar-refractivity contribution in [1.29, 1.82) is 0 Å². The van der Waals surface area contributed by atoms with Gasteiger partial charge in [0.15, 0.2) is 0 Å². The third-order valence-corrected chi connectivity index (χ3v) is 4.22. The Labute approximate surface area is 120 Å². The fourth-order valence-electron chi connectivity index (χ4n) is 2.85. The summed E-state index contributed by atoms with van der Waals surface area (Å²) in [4.78, 5) is 0. The molecule has 1 unspecified atom stereocenters. The monoisotopic (exact) mass is 272 g/mol. The van der Waals surface area contributed by atoms with E-state index < -0.39 is 0 Å². The molecule has 1 aliphatic rings. The number of hydrogen-bond donors (Lipinski definition) is 1. The van der Waals surface area contributed by atoms with Crippen LogP contribution in [0.5, 0.6) is 5.75 Å². The van der Waals surface area contributed by atoms with Crippen LogP contribution in [0.1, 0.15) is 26.7 Å². The summed E-state index contributed by atoms with van der Waals surface area (Å²) < 4.78 is 8.00. The van der Waals surface area contributed by atoms with Crippen LogP contribution in [0.4, 0.5) is 0 Å². The summed E-state index contributed by atoms with van der Waals surface area (Å²) in [5.74, 6) is 1.91. The highest BCUT2D eigenvalue weighted by molar-refractivity contribution is 5.86. The minimum Gasteiger partial charge on any atom is -0.493 e. The zero-order valence-corrected chi connectivity index (χ0v) is 12.4. The van der Waals surface area contributed by atoms with Gasteiger partial charge in [0.2, 0.25) is 0 Å². The molecule has 1 atom stereocenters. The van der Waals surface area contributed by atoms with Crippen LogP contribution in [0, 0.1) is 5.92 Å². The average Bonchev–Trinajstić information content (AvgIpc) is 3.22. The molecule has 1 aromatic carbocycles. The molecule has 108 valence electrons. The van der Waals surface area contributed by atoms with Crippen LogP contribution < -0.4 is 10.1 Å². The third-order valence-electron chi connectivity index (χ3n) is 4.22. The van der Waals surface area contributed by atoms with E-state index in [1.165, 1.54) is 23.7 Å². The first-order chi connectivity index (χ1) is 9.79. The third kappa shape index (κ3) is 2.83. The lowest BCUT2D eigenvalue weighted by molar-refractivity contribution is 0.344. The van der Waals surface area contributed by atoms with Gasteiger partial charge in [-0.15, -0.1) is 0 Å². The first-order valence-corrected chi connectivity index (χ1v) is 7.73. The van der Waals surface area contributed by atoms with E-state index in [4.69, 9.17) is 4.74 Å². The fraction of sp³-hybridized carbons (Fsp3) is 0.529. The Morgan fingerprint density at radius 2 is 2.20 bits per heavy atom. The lowest BCUT2D eigenvalue weighted by Gasteiger charge is -2.13. The van der Waals surface area contributed by atoms with Crippen molar-refractivity contribution in [3.05, 3.63) is 30.5 Å². The molecule has 1 saturated carbocycles. The molecule has 0 bridgehead atoms. The van der Waals surface area contributed by atoms with Crippen LogP contribution in [0.15, 0.2) is 30.5 Å². The van der Waals surface area contributed by atoms with Gasteiger partial charge in [0.05, 0.1) is 12.1 Å². The zero-order chi connectivity index (χ0) is 13.9. The SMILES string of the molecule is CCOc1cccc2c1ccn2CCNC(C)C1CC1. The molecule has 3 heteroatoms. The van der Waals surface area contributed by atoms with Crippen molar-refractivity contribution in [2.75, 3.05) is 13.2 Å². The van der Waals surface area contributed by atoms with E-state index in [2.05, 4.69) is 41.2 Å². The fourth-order valence-corrected chi connectivity index (χ4v) is 2.85. The predicted molar refractivity (Wildman–Crippen MR) is 83.3 cm³/mol. The number of benzene rings is 1. The van der Waals surface area contributed by atoms with E-state index in [9.17, 15) is 0 Å². The standard InChI is InChI=1S/C17H24N2O/c1-3-20-17-6-4-5-16-15(17)9-11-19(16)12-10-18-13(2)14-7-8-14/h4-6,9,11,13-14,18H,3,7-8,10,12H2,1-2H3. The lowest BCUT2D eigenvalue weighted by atomic mass is 10.2. The molecule has 1 N–H and O–H groups in total. The molecule has 0 saturated heterocycles. The Balaban J connectivity index is 1.67. The summed E-state index contributed by atoms with van der Waals surface area (Å²) in [5, 5.41) is 4.85. The molecule has 1 fully saturated rings. The van der Waals surface area contributed by atoms with Gasteiger partial charge in [-0.2, -0.15) is 0 Å². The van der Waals surface area contributed by atoms with Gasteiger partial charge in [0, 0.05) is 30.7 Å². The predicted octanol–water partition coefficient (Wildman–Crippen LogP) is 3.43. The van der Waals surface area contributed by atoms with E-state index in [0.29, 0.717) is 12.6 Å². The molecule has 20 heavy (non-hydrogen) atoms. The van der Waals surface area contributed by atoms with E-state index >= 15 is 0 Å². The Morgan fingerprint density at radius 3 is 2.95 bits per heavy atom. The number of fused-ring (bicyclic) bond motifs is 1. The van der Waals surface area contributed by atoms with Gasteiger partial charge in [-0.25, -0.2) is 0 Å². The number of hydrogen-bond acceptors (Lipinski definition) is 2. The van der Waals surface area contributed by atoms with Gasteiger partial charge in [-0.1, -0.05) is 6.07 Å². The summed E-state index contributed by atoms with van der Waals surface area (Å²) in [6.07, 6.45) is 4.97. The highest BCUT2D eigenvalue weighted by Gasteiger charge is 2.27. The maximum atomic E-state index is 5.69. The maximum absolute atomic E-state index is 5.69. The minimum absolute atomic E-state index is 0.663. The Morgan fingerprint density at radius 1 is 1.35 bits per heavy atom. The molecular formula is C17H24N2O. The van der Waals surface area contributed by atoms with Crippen LogP contribution in [0.25, 0.3) is 10.9 Å². The van der Waals surface area contributed by atoms with Crippen molar-refractivity contribution >= 4 is 10.9 Å². The van der Waals surface area contributed by atoms with E-state index in [0.717, 1.165) is 24.8 Å². The number of rotatable bonds is 7. The maximum Gasteiger partial charge on any atom is 0.128 e. The molecule has 0 amide bonds. The highest BCUT2D eigenvalue weighted by Crippen LogP contribution is 2.32. The first kappa shape index (κ1) is 13.5. The molecule has 1 aliphatic carbocycles. The summed E-state index contributed by atoms with van der Waals surface area (Å²) in [6, 6.07) is 9.11. The molecule has 0 radical (unpaired) electrons.